The maximum atomic E-state index is 11.5. The van der Waals surface area contributed by atoms with Crippen LogP contribution in [0.15, 0.2) is 0 Å². The molecule has 9 heteroatoms. The van der Waals surface area contributed by atoms with E-state index in [1.807, 2.05) is 0 Å². The number of rotatable bonds is 6. The van der Waals surface area contributed by atoms with Gasteiger partial charge >= 0.3 is 0 Å². The van der Waals surface area contributed by atoms with Gasteiger partial charge in [-0.25, -0.2) is 13.1 Å². The van der Waals surface area contributed by atoms with Gasteiger partial charge in [0.1, 0.15) is 6.10 Å². The second kappa shape index (κ2) is 6.62. The zero-order chi connectivity index (χ0) is 14.6. The fourth-order valence-electron chi connectivity index (χ4n) is 1.98. The van der Waals surface area contributed by atoms with Crippen molar-refractivity contribution < 1.29 is 28.5 Å². The average molecular weight is 296 g/mol. The maximum absolute atomic E-state index is 11.5. The fraction of sp³-hybridized carbons (Fsp3) is 0.900. The minimum Gasteiger partial charge on any atom is -0.396 e. The molecule has 1 saturated carbocycles. The average Bonchev–Trinajstić information content (AvgIpc) is 2.64. The quantitative estimate of drug-likeness (QED) is 0.358. The standard InChI is InChI=1S/C10H20N2O6S/c1-2-19(17,18)11-4-8(14)12-7-3-6(5-13)9(15)10(7)16/h6-7,9-11,13,15-16H,2-5H2,1H3,(H,12,14)/t6-,7-,9-,10+/m1/s1. The van der Waals surface area contributed by atoms with Gasteiger partial charge in [0.25, 0.3) is 0 Å². The Morgan fingerprint density at radius 2 is 1.95 bits per heavy atom. The zero-order valence-electron chi connectivity index (χ0n) is 10.6. The first-order valence-corrected chi connectivity index (χ1v) is 7.69. The monoisotopic (exact) mass is 296 g/mol. The van der Waals surface area contributed by atoms with Crippen molar-refractivity contribution in [1.29, 1.82) is 0 Å². The Kier molecular flexibility index (Phi) is 5.68. The molecule has 0 aromatic heterocycles. The van der Waals surface area contributed by atoms with Gasteiger partial charge in [0.15, 0.2) is 0 Å². The molecule has 0 radical (unpaired) electrons. The smallest absolute Gasteiger partial charge is 0.235 e. The van der Waals surface area contributed by atoms with E-state index in [1.165, 1.54) is 6.92 Å². The first kappa shape index (κ1) is 16.3. The Balaban J connectivity index is 2.45. The molecule has 0 aliphatic heterocycles. The number of nitrogens with one attached hydrogen (secondary N) is 2. The molecule has 1 rings (SSSR count). The van der Waals surface area contributed by atoms with Gasteiger partial charge in [-0.3, -0.25) is 4.79 Å². The molecule has 4 atom stereocenters. The van der Waals surface area contributed by atoms with Crippen LogP contribution in [0.25, 0.3) is 0 Å². The summed E-state index contributed by atoms with van der Waals surface area (Å²) in [5.74, 6) is -1.21. The minimum atomic E-state index is -3.45. The third-order valence-corrected chi connectivity index (χ3v) is 4.56. The van der Waals surface area contributed by atoms with E-state index in [0.29, 0.717) is 0 Å². The summed E-state index contributed by atoms with van der Waals surface area (Å²) in [5.41, 5.74) is 0. The van der Waals surface area contributed by atoms with Gasteiger partial charge in [-0.05, 0) is 13.3 Å². The highest BCUT2D eigenvalue weighted by Gasteiger charge is 2.41. The van der Waals surface area contributed by atoms with E-state index in [4.69, 9.17) is 5.11 Å². The lowest BCUT2D eigenvalue weighted by Gasteiger charge is -2.18. The molecular weight excluding hydrogens is 276 g/mol. The molecular formula is C10H20N2O6S. The zero-order valence-corrected chi connectivity index (χ0v) is 11.4. The molecule has 0 aromatic carbocycles. The molecule has 0 aromatic rings. The Hall–Kier alpha value is -0.740. The second-order valence-corrected chi connectivity index (χ2v) is 6.65. The summed E-state index contributed by atoms with van der Waals surface area (Å²) in [6.45, 7) is 0.746. The third kappa shape index (κ3) is 4.39. The number of hydrogen-bond acceptors (Lipinski definition) is 6. The topological polar surface area (TPSA) is 136 Å². The van der Waals surface area contributed by atoms with Crippen molar-refractivity contribution in [3.8, 4) is 0 Å². The number of amides is 1. The first-order valence-electron chi connectivity index (χ1n) is 6.04. The van der Waals surface area contributed by atoms with Gasteiger partial charge in [-0.1, -0.05) is 0 Å². The Morgan fingerprint density at radius 1 is 1.32 bits per heavy atom. The van der Waals surface area contributed by atoms with Crippen molar-refractivity contribution in [2.45, 2.75) is 31.6 Å². The highest BCUT2D eigenvalue weighted by atomic mass is 32.2. The molecule has 112 valence electrons. The molecule has 0 bridgehead atoms. The molecule has 5 N–H and O–H groups in total. The van der Waals surface area contributed by atoms with Crippen LogP contribution in [0.1, 0.15) is 13.3 Å². The normalized spacial score (nSPS) is 31.4. The summed E-state index contributed by atoms with van der Waals surface area (Å²) in [6.07, 6.45) is -2.02. The van der Waals surface area contributed by atoms with E-state index in [1.54, 1.807) is 0 Å². The lowest BCUT2D eigenvalue weighted by atomic mass is 10.1. The van der Waals surface area contributed by atoms with Crippen molar-refractivity contribution in [3.05, 3.63) is 0 Å². The third-order valence-electron chi connectivity index (χ3n) is 3.22. The van der Waals surface area contributed by atoms with Crippen molar-refractivity contribution in [1.82, 2.24) is 10.0 Å². The van der Waals surface area contributed by atoms with E-state index >= 15 is 0 Å². The SMILES string of the molecule is CCS(=O)(=O)NCC(=O)N[C@@H]1C[C@H](CO)[C@@H](O)[C@H]1O. The van der Waals surface area contributed by atoms with Crippen LogP contribution in [0.5, 0.6) is 0 Å². The summed E-state index contributed by atoms with van der Waals surface area (Å²) in [6, 6.07) is -0.689. The van der Waals surface area contributed by atoms with Gasteiger partial charge in [-0.2, -0.15) is 0 Å². The number of aliphatic hydroxyl groups excluding tert-OH is 3. The van der Waals surface area contributed by atoms with Crippen LogP contribution in [0.4, 0.5) is 0 Å². The van der Waals surface area contributed by atoms with Crippen LogP contribution in [0.2, 0.25) is 0 Å². The second-order valence-electron chi connectivity index (χ2n) is 4.56. The highest BCUT2D eigenvalue weighted by molar-refractivity contribution is 7.89. The van der Waals surface area contributed by atoms with Crippen LogP contribution in [-0.4, -0.2) is 66.8 Å². The van der Waals surface area contributed by atoms with Gasteiger partial charge in [-0.15, -0.1) is 0 Å². The lowest BCUT2D eigenvalue weighted by Crippen LogP contribution is -2.46. The predicted molar refractivity (Wildman–Crippen MR) is 66.6 cm³/mol. The van der Waals surface area contributed by atoms with Gasteiger partial charge in [0.05, 0.1) is 24.4 Å². The van der Waals surface area contributed by atoms with Crippen LogP contribution in [0, 0.1) is 5.92 Å². The number of sulfonamides is 1. The van der Waals surface area contributed by atoms with E-state index in [9.17, 15) is 23.4 Å². The highest BCUT2D eigenvalue weighted by Crippen LogP contribution is 2.26. The van der Waals surface area contributed by atoms with Gasteiger partial charge in [0, 0.05) is 12.5 Å². The van der Waals surface area contributed by atoms with E-state index < -0.39 is 46.6 Å². The number of hydrogen-bond donors (Lipinski definition) is 5. The van der Waals surface area contributed by atoms with Crippen LogP contribution >= 0.6 is 0 Å². The molecule has 1 aliphatic rings. The largest absolute Gasteiger partial charge is 0.396 e. The van der Waals surface area contributed by atoms with Crippen molar-refractivity contribution in [3.63, 3.8) is 0 Å². The molecule has 0 saturated heterocycles. The maximum Gasteiger partial charge on any atom is 0.235 e. The van der Waals surface area contributed by atoms with E-state index in [0.717, 1.165) is 0 Å². The molecule has 1 fully saturated rings. The van der Waals surface area contributed by atoms with Crippen LogP contribution in [0.3, 0.4) is 0 Å². The van der Waals surface area contributed by atoms with Crippen LogP contribution < -0.4 is 10.0 Å². The fourth-order valence-corrected chi connectivity index (χ4v) is 2.54. The molecule has 0 unspecified atom stereocenters. The molecule has 1 amide bonds. The summed E-state index contributed by atoms with van der Waals surface area (Å²) >= 11 is 0. The Labute approximate surface area is 111 Å². The Bertz CT molecular complexity index is 412. The number of carbonyl (C=O) groups is 1. The molecule has 0 spiro atoms. The first-order chi connectivity index (χ1) is 8.80. The van der Waals surface area contributed by atoms with Gasteiger partial charge < -0.3 is 20.6 Å². The van der Waals surface area contributed by atoms with Gasteiger partial charge in [0.2, 0.25) is 15.9 Å². The molecule has 8 nitrogen and oxygen atoms in total. The van der Waals surface area contributed by atoms with E-state index in [-0.39, 0.29) is 18.8 Å². The van der Waals surface area contributed by atoms with Crippen molar-refractivity contribution >= 4 is 15.9 Å². The minimum absolute atomic E-state index is 0.127. The summed E-state index contributed by atoms with van der Waals surface area (Å²) in [5, 5.41) is 30.6. The summed E-state index contributed by atoms with van der Waals surface area (Å²) in [4.78, 5) is 11.5. The van der Waals surface area contributed by atoms with E-state index in [2.05, 4.69) is 10.0 Å². The Morgan fingerprint density at radius 3 is 2.42 bits per heavy atom. The molecule has 0 heterocycles. The molecule has 1 aliphatic carbocycles. The lowest BCUT2D eigenvalue weighted by molar-refractivity contribution is -0.121. The van der Waals surface area contributed by atoms with Crippen molar-refractivity contribution in [2.75, 3.05) is 18.9 Å². The molecule has 19 heavy (non-hydrogen) atoms. The van der Waals surface area contributed by atoms with Crippen LogP contribution in [-0.2, 0) is 14.8 Å². The summed E-state index contributed by atoms with van der Waals surface area (Å²) in [7, 11) is -3.45. The summed E-state index contributed by atoms with van der Waals surface area (Å²) < 4.78 is 24.4. The van der Waals surface area contributed by atoms with Crippen molar-refractivity contribution in [2.24, 2.45) is 5.92 Å². The number of aliphatic hydroxyl groups is 3. The predicted octanol–water partition coefficient (Wildman–Crippen LogP) is -2.86. The number of carbonyl (C=O) groups excluding carboxylic acids is 1.